The number of phenols is 2. The normalized spacial score (nSPS) is 16.1. The molecule has 0 amide bonds. The highest BCUT2D eigenvalue weighted by Gasteiger charge is 2.42. The fraction of sp³-hybridized carbons (Fsp3) is 0.333. The van der Waals surface area contributed by atoms with Gasteiger partial charge in [0, 0.05) is 41.4 Å². The van der Waals surface area contributed by atoms with E-state index in [9.17, 15) is 20.1 Å². The van der Waals surface area contributed by atoms with Crippen LogP contribution in [0, 0.1) is 0 Å². The van der Waals surface area contributed by atoms with E-state index in [2.05, 4.69) is 63.7 Å². The van der Waals surface area contributed by atoms with Crippen molar-refractivity contribution < 1.29 is 30.0 Å². The van der Waals surface area contributed by atoms with Crippen LogP contribution in [0.1, 0.15) is 59.6 Å². The summed E-state index contributed by atoms with van der Waals surface area (Å²) < 4.78 is 6.14. The Morgan fingerprint density at radius 2 is 1.58 bits per heavy atom. The molecule has 0 spiro atoms. The maximum atomic E-state index is 11.7. The number of phenolic OH excluding ortho intramolecular Hbond substituents is 2. The number of ether oxygens (including phenoxy) is 1. The van der Waals surface area contributed by atoms with Gasteiger partial charge in [0.1, 0.15) is 17.2 Å². The van der Waals surface area contributed by atoms with E-state index in [1.807, 2.05) is 24.3 Å². The zero-order valence-corrected chi connectivity index (χ0v) is 29.2. The summed E-state index contributed by atoms with van der Waals surface area (Å²) in [5.41, 5.74) is 5.10. The Bertz CT molecular complexity index is 1990. The third kappa shape index (κ3) is 8.65. The highest BCUT2D eigenvalue weighted by Crippen LogP contribution is 2.47. The molecule has 10 nitrogen and oxygen atoms in total. The van der Waals surface area contributed by atoms with Crippen LogP contribution in [0.15, 0.2) is 102 Å². The number of aliphatic hydroxyl groups excluding tert-OH is 1. The van der Waals surface area contributed by atoms with Crippen LogP contribution in [0.5, 0.6) is 17.2 Å². The van der Waals surface area contributed by atoms with Crippen LogP contribution in [0.2, 0.25) is 0 Å². The lowest BCUT2D eigenvalue weighted by atomic mass is 9.67. The number of rotatable bonds is 13. The van der Waals surface area contributed by atoms with Gasteiger partial charge in [0.05, 0.1) is 18.2 Å². The summed E-state index contributed by atoms with van der Waals surface area (Å²) in [6, 6.07) is 31.8. The van der Waals surface area contributed by atoms with Gasteiger partial charge in [0.25, 0.3) is 6.47 Å². The van der Waals surface area contributed by atoms with Crippen LogP contribution in [0.4, 0.5) is 0 Å². The molecule has 7 rings (SSSR count). The van der Waals surface area contributed by atoms with Crippen molar-refractivity contribution in [2.24, 2.45) is 0 Å². The van der Waals surface area contributed by atoms with Gasteiger partial charge in [-0.25, -0.2) is 0 Å². The molecular formula is C42H47N3O7. The number of aromatic nitrogens is 1. The summed E-state index contributed by atoms with van der Waals surface area (Å²) in [6.45, 7) is 3.42. The molecule has 1 aromatic heterocycles. The van der Waals surface area contributed by atoms with Gasteiger partial charge < -0.3 is 40.4 Å². The predicted molar refractivity (Wildman–Crippen MR) is 201 cm³/mol. The number of aromatic amines is 1. The largest absolute Gasteiger partial charge is 0.508 e. The number of aromatic hydroxyl groups is 2. The van der Waals surface area contributed by atoms with Crippen molar-refractivity contribution in [3.63, 3.8) is 0 Å². The minimum absolute atomic E-state index is 0.0230. The molecule has 1 saturated carbocycles. The van der Waals surface area contributed by atoms with Crippen molar-refractivity contribution in [2.75, 3.05) is 32.8 Å². The molecule has 1 saturated heterocycles. The highest BCUT2D eigenvalue weighted by molar-refractivity contribution is 5.87. The number of fused-ring (bicyclic) bond motifs is 1. The minimum Gasteiger partial charge on any atom is -0.508 e. The zero-order chi connectivity index (χ0) is 36.5. The van der Waals surface area contributed by atoms with Crippen molar-refractivity contribution in [2.45, 2.75) is 56.1 Å². The number of likely N-dealkylation sites (tertiary alicyclic amines) is 1. The number of pyridine rings is 1. The molecule has 0 radical (unpaired) electrons. The van der Waals surface area contributed by atoms with E-state index in [1.54, 1.807) is 12.1 Å². The lowest BCUT2D eigenvalue weighted by molar-refractivity contribution is -0.122. The van der Waals surface area contributed by atoms with E-state index in [0.717, 1.165) is 67.3 Å². The summed E-state index contributed by atoms with van der Waals surface area (Å²) in [4.78, 5) is 25.3. The SMILES string of the molecule is O=CO.O=c1ccc2c([C@@H](O)CNCCc3ccc(OCCc4ccc(O)c(C5(c6ccccc6)CCN(C6CC6)CC5)c4)cc3)ccc(O)c2[nH]1. The molecule has 1 aliphatic heterocycles. The highest BCUT2D eigenvalue weighted by atomic mass is 16.5. The standard InChI is InChI=1S/C41H45N3O5.CH2O2/c45-36-15-8-29(26-35(36)41(30-4-2-1-3-5-30)20-23-44(24-21-41)31-9-10-31)19-25-49-32-11-6-28(7-12-32)18-22-42-27-38(47)33-13-16-37(46)40-34(33)14-17-39(48)43-40;2-1-3/h1-8,11-17,26,31,38,42,45-47H,9-10,18-25,27H2,(H,43,48);1H,(H,2,3)/t38-;/m0./s1. The summed E-state index contributed by atoms with van der Waals surface area (Å²) in [6.07, 6.45) is 5.37. The topological polar surface area (TPSA) is 155 Å². The lowest BCUT2D eigenvalue weighted by Crippen LogP contribution is -2.44. The number of hydrogen-bond donors (Lipinski definition) is 6. The average molecular weight is 706 g/mol. The summed E-state index contributed by atoms with van der Waals surface area (Å²) in [5, 5.41) is 42.9. The summed E-state index contributed by atoms with van der Waals surface area (Å²) in [7, 11) is 0. The van der Waals surface area contributed by atoms with Gasteiger partial charge >= 0.3 is 0 Å². The molecule has 2 aliphatic rings. The molecule has 0 bridgehead atoms. The second-order valence-corrected chi connectivity index (χ2v) is 13.7. The first-order valence-electron chi connectivity index (χ1n) is 18.0. The lowest BCUT2D eigenvalue weighted by Gasteiger charge is -2.43. The van der Waals surface area contributed by atoms with Gasteiger partial charge in [-0.3, -0.25) is 9.59 Å². The Balaban J connectivity index is 0.00000150. The van der Waals surface area contributed by atoms with E-state index < -0.39 is 6.10 Å². The molecule has 2 heterocycles. The third-order valence-corrected chi connectivity index (χ3v) is 10.4. The Hall–Kier alpha value is -5.16. The van der Waals surface area contributed by atoms with E-state index in [0.29, 0.717) is 41.9 Å². The van der Waals surface area contributed by atoms with Crippen molar-refractivity contribution in [3.8, 4) is 17.2 Å². The molecule has 5 aromatic rings. The second-order valence-electron chi connectivity index (χ2n) is 13.7. The zero-order valence-electron chi connectivity index (χ0n) is 29.2. The molecular weight excluding hydrogens is 658 g/mol. The quantitative estimate of drug-likeness (QED) is 0.0672. The van der Waals surface area contributed by atoms with Crippen LogP contribution in [-0.2, 0) is 23.1 Å². The van der Waals surface area contributed by atoms with E-state index in [-0.39, 0.29) is 23.2 Å². The Kier molecular flexibility index (Phi) is 11.9. The van der Waals surface area contributed by atoms with Crippen LogP contribution in [-0.4, -0.2) is 75.6 Å². The molecule has 52 heavy (non-hydrogen) atoms. The number of aliphatic hydroxyl groups is 1. The van der Waals surface area contributed by atoms with Crippen LogP contribution in [0.25, 0.3) is 10.9 Å². The van der Waals surface area contributed by atoms with Crippen LogP contribution < -0.4 is 15.6 Å². The molecule has 10 heteroatoms. The first-order chi connectivity index (χ1) is 25.3. The summed E-state index contributed by atoms with van der Waals surface area (Å²) in [5.74, 6) is 1.17. The number of carboxylic acid groups (broad SMARTS) is 1. The van der Waals surface area contributed by atoms with Gasteiger partial charge in [-0.1, -0.05) is 60.7 Å². The van der Waals surface area contributed by atoms with Gasteiger partial charge in [0.2, 0.25) is 5.56 Å². The van der Waals surface area contributed by atoms with E-state index >= 15 is 0 Å². The Morgan fingerprint density at radius 1 is 0.885 bits per heavy atom. The maximum absolute atomic E-state index is 11.7. The first kappa shape index (κ1) is 36.6. The molecule has 4 aromatic carbocycles. The number of carbonyl (C=O) groups is 1. The number of H-pyrrole nitrogens is 1. The smallest absolute Gasteiger partial charge is 0.290 e. The second kappa shape index (κ2) is 16.9. The number of piperidine rings is 1. The van der Waals surface area contributed by atoms with Gasteiger partial charge in [-0.15, -0.1) is 0 Å². The number of hydrogen-bond acceptors (Lipinski definition) is 8. The van der Waals surface area contributed by atoms with Crippen molar-refractivity contribution in [3.05, 3.63) is 135 Å². The maximum Gasteiger partial charge on any atom is 0.290 e. The number of benzene rings is 4. The van der Waals surface area contributed by atoms with Gasteiger partial charge in [-0.2, -0.15) is 0 Å². The van der Waals surface area contributed by atoms with Crippen molar-refractivity contribution in [1.82, 2.24) is 15.2 Å². The van der Waals surface area contributed by atoms with Crippen LogP contribution in [0.3, 0.4) is 0 Å². The molecule has 6 N–H and O–H groups in total. The van der Waals surface area contributed by atoms with E-state index in [1.165, 1.54) is 30.5 Å². The first-order valence-corrected chi connectivity index (χ1v) is 18.0. The van der Waals surface area contributed by atoms with E-state index in [4.69, 9.17) is 14.6 Å². The van der Waals surface area contributed by atoms with Crippen molar-refractivity contribution in [1.29, 1.82) is 0 Å². The molecule has 0 unspecified atom stereocenters. The van der Waals surface area contributed by atoms with Gasteiger partial charge in [-0.05, 0) is 104 Å². The van der Waals surface area contributed by atoms with Crippen LogP contribution >= 0.6 is 0 Å². The minimum atomic E-state index is -0.793. The molecule has 1 atom stereocenters. The Morgan fingerprint density at radius 3 is 2.29 bits per heavy atom. The van der Waals surface area contributed by atoms with Gasteiger partial charge in [0.15, 0.2) is 0 Å². The summed E-state index contributed by atoms with van der Waals surface area (Å²) >= 11 is 0. The fourth-order valence-corrected chi connectivity index (χ4v) is 7.47. The monoisotopic (exact) mass is 705 g/mol. The third-order valence-electron chi connectivity index (χ3n) is 10.4. The molecule has 2 fully saturated rings. The number of nitrogens with zero attached hydrogens (tertiary/aromatic N) is 1. The predicted octanol–water partition coefficient (Wildman–Crippen LogP) is 5.67. The molecule has 272 valence electrons. The average Bonchev–Trinajstić information content (AvgIpc) is 4.02. The van der Waals surface area contributed by atoms with Crippen molar-refractivity contribution >= 4 is 17.4 Å². The Labute approximate surface area is 303 Å². The fourth-order valence-electron chi connectivity index (χ4n) is 7.47. The number of nitrogens with one attached hydrogen (secondary N) is 2. The molecule has 1 aliphatic carbocycles.